The first kappa shape index (κ1) is 15.4. The quantitative estimate of drug-likeness (QED) is 0.906. The van der Waals surface area contributed by atoms with Gasteiger partial charge in [0.15, 0.2) is 0 Å². The zero-order chi connectivity index (χ0) is 15.4. The maximum atomic E-state index is 5.62. The minimum Gasteiger partial charge on any atom is -0.344 e. The summed E-state index contributed by atoms with van der Waals surface area (Å²) in [6.45, 7) is 7.97. The first-order valence-corrected chi connectivity index (χ1v) is 8.57. The third kappa shape index (κ3) is 3.82. The van der Waals surface area contributed by atoms with E-state index in [1.165, 1.54) is 22.7 Å². The van der Waals surface area contributed by atoms with E-state index in [0.29, 0.717) is 0 Å². The molecule has 118 valence electrons. The fraction of sp³-hybridized carbons (Fsp3) is 0.500. The van der Waals surface area contributed by atoms with E-state index in [-0.39, 0.29) is 0 Å². The molecule has 0 amide bonds. The molecular formula is C16H23N5S. The van der Waals surface area contributed by atoms with E-state index in [4.69, 9.17) is 10.7 Å². The number of rotatable bonds is 5. The predicted octanol–water partition coefficient (Wildman–Crippen LogP) is 1.52. The standard InChI is InChI=1S/C16H23N5S/c1-13-2-4-14(5-3-13)12-15-18-16(22-19-15)21-10-8-20(7-6-17)9-11-21/h2-5H,6-12,17H2,1H3. The molecule has 1 saturated heterocycles. The highest BCUT2D eigenvalue weighted by Crippen LogP contribution is 2.20. The smallest absolute Gasteiger partial charge is 0.205 e. The van der Waals surface area contributed by atoms with E-state index >= 15 is 0 Å². The summed E-state index contributed by atoms with van der Waals surface area (Å²) in [5.41, 5.74) is 8.17. The second-order valence-electron chi connectivity index (χ2n) is 5.77. The van der Waals surface area contributed by atoms with Crippen molar-refractivity contribution in [3.8, 4) is 0 Å². The van der Waals surface area contributed by atoms with Gasteiger partial charge in [-0.1, -0.05) is 29.8 Å². The molecule has 0 aliphatic carbocycles. The second-order valence-corrected chi connectivity index (χ2v) is 6.50. The average molecular weight is 317 g/mol. The SMILES string of the molecule is Cc1ccc(Cc2nsc(N3CCN(CCN)CC3)n2)cc1. The summed E-state index contributed by atoms with van der Waals surface area (Å²) >= 11 is 1.51. The number of hydrogen-bond donors (Lipinski definition) is 1. The Bertz CT molecular complexity index is 587. The Morgan fingerprint density at radius 3 is 2.55 bits per heavy atom. The largest absolute Gasteiger partial charge is 0.344 e. The van der Waals surface area contributed by atoms with Gasteiger partial charge in [0.05, 0.1) is 0 Å². The molecule has 1 aliphatic heterocycles. The molecule has 1 aliphatic rings. The number of piperazine rings is 1. The molecule has 5 nitrogen and oxygen atoms in total. The summed E-state index contributed by atoms with van der Waals surface area (Å²) in [6.07, 6.45) is 0.809. The van der Waals surface area contributed by atoms with Crippen LogP contribution in [0.4, 0.5) is 5.13 Å². The van der Waals surface area contributed by atoms with Crippen molar-refractivity contribution in [2.45, 2.75) is 13.3 Å². The van der Waals surface area contributed by atoms with Gasteiger partial charge in [-0.15, -0.1) is 0 Å². The Labute approximate surface area is 135 Å². The van der Waals surface area contributed by atoms with Crippen LogP contribution in [0.25, 0.3) is 0 Å². The molecular weight excluding hydrogens is 294 g/mol. The maximum absolute atomic E-state index is 5.62. The first-order valence-electron chi connectivity index (χ1n) is 7.80. The van der Waals surface area contributed by atoms with E-state index in [1.807, 2.05) is 0 Å². The molecule has 0 spiro atoms. The van der Waals surface area contributed by atoms with Gasteiger partial charge in [0.1, 0.15) is 5.82 Å². The Morgan fingerprint density at radius 1 is 1.14 bits per heavy atom. The topological polar surface area (TPSA) is 58.3 Å². The number of nitrogens with two attached hydrogens (primary N) is 1. The number of aryl methyl sites for hydroxylation is 1. The van der Waals surface area contributed by atoms with Crippen LogP contribution in [0, 0.1) is 6.92 Å². The molecule has 0 atom stereocenters. The van der Waals surface area contributed by atoms with E-state index in [9.17, 15) is 0 Å². The van der Waals surface area contributed by atoms with Crippen LogP contribution >= 0.6 is 11.5 Å². The lowest BCUT2D eigenvalue weighted by atomic mass is 10.1. The summed E-state index contributed by atoms with van der Waals surface area (Å²) in [5.74, 6) is 0.924. The molecule has 1 aromatic heterocycles. The molecule has 2 heterocycles. The van der Waals surface area contributed by atoms with Crippen molar-refractivity contribution in [2.75, 3.05) is 44.2 Å². The van der Waals surface area contributed by atoms with Gasteiger partial charge in [-0.2, -0.15) is 4.37 Å². The van der Waals surface area contributed by atoms with Crippen molar-refractivity contribution in [2.24, 2.45) is 5.73 Å². The summed E-state index contributed by atoms with van der Waals surface area (Å²) < 4.78 is 4.52. The van der Waals surface area contributed by atoms with Crippen LogP contribution in [-0.2, 0) is 6.42 Å². The van der Waals surface area contributed by atoms with E-state index in [1.54, 1.807) is 0 Å². The zero-order valence-electron chi connectivity index (χ0n) is 13.0. The van der Waals surface area contributed by atoms with Crippen LogP contribution in [0.2, 0.25) is 0 Å². The van der Waals surface area contributed by atoms with Gasteiger partial charge >= 0.3 is 0 Å². The molecule has 6 heteroatoms. The van der Waals surface area contributed by atoms with Crippen LogP contribution in [0.3, 0.4) is 0 Å². The van der Waals surface area contributed by atoms with E-state index in [2.05, 4.69) is 45.4 Å². The van der Waals surface area contributed by atoms with E-state index < -0.39 is 0 Å². The van der Waals surface area contributed by atoms with Crippen LogP contribution in [0.5, 0.6) is 0 Å². The molecule has 2 aromatic rings. The van der Waals surface area contributed by atoms with Crippen LogP contribution < -0.4 is 10.6 Å². The van der Waals surface area contributed by atoms with Crippen LogP contribution in [0.1, 0.15) is 17.0 Å². The van der Waals surface area contributed by atoms with Crippen molar-refractivity contribution in [1.82, 2.24) is 14.3 Å². The van der Waals surface area contributed by atoms with Gasteiger partial charge in [0.2, 0.25) is 5.13 Å². The minimum atomic E-state index is 0.736. The summed E-state index contributed by atoms with van der Waals surface area (Å²) in [7, 11) is 0. The Hall–Kier alpha value is -1.50. The van der Waals surface area contributed by atoms with Crippen molar-refractivity contribution in [1.29, 1.82) is 0 Å². The number of aromatic nitrogens is 2. The van der Waals surface area contributed by atoms with Crippen molar-refractivity contribution >= 4 is 16.7 Å². The highest BCUT2D eigenvalue weighted by molar-refractivity contribution is 7.09. The molecule has 0 bridgehead atoms. The number of anilines is 1. The lowest BCUT2D eigenvalue weighted by molar-refractivity contribution is 0.265. The highest BCUT2D eigenvalue weighted by Gasteiger charge is 2.19. The normalized spacial score (nSPS) is 16.2. The molecule has 1 aromatic carbocycles. The lowest BCUT2D eigenvalue weighted by Crippen LogP contribution is -2.47. The summed E-state index contributed by atoms with van der Waals surface area (Å²) in [5, 5.41) is 1.05. The van der Waals surface area contributed by atoms with E-state index in [0.717, 1.165) is 56.6 Å². The van der Waals surface area contributed by atoms with Gasteiger partial charge in [0.25, 0.3) is 0 Å². The number of hydrogen-bond acceptors (Lipinski definition) is 6. The monoisotopic (exact) mass is 317 g/mol. The zero-order valence-corrected chi connectivity index (χ0v) is 13.9. The molecule has 2 N–H and O–H groups in total. The minimum absolute atomic E-state index is 0.736. The first-order chi connectivity index (χ1) is 10.7. The Kier molecular flexibility index (Phi) is 5.02. The molecule has 3 rings (SSSR count). The third-order valence-corrected chi connectivity index (χ3v) is 4.84. The van der Waals surface area contributed by atoms with Gasteiger partial charge in [-0.05, 0) is 12.5 Å². The van der Waals surface area contributed by atoms with Gasteiger partial charge < -0.3 is 10.6 Å². The van der Waals surface area contributed by atoms with Crippen LogP contribution in [0.15, 0.2) is 24.3 Å². The summed E-state index contributed by atoms with van der Waals surface area (Å²) in [6, 6.07) is 8.59. The molecule has 0 saturated carbocycles. The Morgan fingerprint density at radius 2 is 1.86 bits per heavy atom. The van der Waals surface area contributed by atoms with Gasteiger partial charge in [-0.3, -0.25) is 4.90 Å². The maximum Gasteiger partial charge on any atom is 0.205 e. The van der Waals surface area contributed by atoms with Crippen LogP contribution in [-0.4, -0.2) is 53.5 Å². The third-order valence-electron chi connectivity index (χ3n) is 4.03. The summed E-state index contributed by atoms with van der Waals surface area (Å²) in [4.78, 5) is 9.46. The van der Waals surface area contributed by atoms with Crippen molar-refractivity contribution in [3.05, 3.63) is 41.2 Å². The van der Waals surface area contributed by atoms with Crippen molar-refractivity contribution in [3.63, 3.8) is 0 Å². The molecule has 0 radical (unpaired) electrons. The van der Waals surface area contributed by atoms with Crippen molar-refractivity contribution < 1.29 is 0 Å². The predicted molar refractivity (Wildman–Crippen MR) is 91.6 cm³/mol. The molecule has 22 heavy (non-hydrogen) atoms. The molecule has 0 unspecified atom stereocenters. The second kappa shape index (κ2) is 7.17. The number of nitrogens with zero attached hydrogens (tertiary/aromatic N) is 4. The van der Waals surface area contributed by atoms with Gasteiger partial charge in [0, 0.05) is 57.2 Å². The lowest BCUT2D eigenvalue weighted by Gasteiger charge is -2.33. The fourth-order valence-corrected chi connectivity index (χ4v) is 3.42. The average Bonchev–Trinajstić information content (AvgIpc) is 2.99. The number of benzene rings is 1. The Balaban J connectivity index is 1.58. The molecule has 1 fully saturated rings. The highest BCUT2D eigenvalue weighted by atomic mass is 32.1. The fourth-order valence-electron chi connectivity index (χ4n) is 2.68. The van der Waals surface area contributed by atoms with Gasteiger partial charge in [-0.25, -0.2) is 4.98 Å².